The first-order valence-electron chi connectivity index (χ1n) is 6.88. The number of para-hydroxylation sites is 1. The zero-order chi connectivity index (χ0) is 15.8. The molecule has 4 rings (SSSR count). The van der Waals surface area contributed by atoms with E-state index in [0.29, 0.717) is 21.0 Å². The summed E-state index contributed by atoms with van der Waals surface area (Å²) in [4.78, 5) is 7.80. The molecule has 7 heteroatoms. The summed E-state index contributed by atoms with van der Waals surface area (Å²) in [5, 5.41) is 11.4. The fraction of sp³-hybridized carbons (Fsp3) is 0.0625. The van der Waals surface area contributed by atoms with Crippen molar-refractivity contribution in [2.24, 2.45) is 0 Å². The lowest BCUT2D eigenvalue weighted by molar-refractivity contribution is 0.878. The largest absolute Gasteiger partial charge is 0.338 e. The third-order valence-electron chi connectivity index (χ3n) is 3.47. The first-order valence-corrected chi connectivity index (χ1v) is 8.63. The van der Waals surface area contributed by atoms with Gasteiger partial charge in [0.05, 0.1) is 0 Å². The monoisotopic (exact) mass is 360 g/mol. The van der Waals surface area contributed by atoms with Gasteiger partial charge in [0.25, 0.3) is 0 Å². The summed E-state index contributed by atoms with van der Waals surface area (Å²) in [5.41, 5.74) is 3.52. The molecule has 0 aliphatic carbocycles. The highest BCUT2D eigenvalue weighted by Crippen LogP contribution is 2.28. The summed E-state index contributed by atoms with van der Waals surface area (Å²) in [6.07, 6.45) is 0. The van der Waals surface area contributed by atoms with Crippen LogP contribution in [0, 0.1) is 0 Å². The molecule has 2 aromatic heterocycles. The first-order chi connectivity index (χ1) is 11.2. The van der Waals surface area contributed by atoms with Crippen LogP contribution in [0.4, 0.5) is 0 Å². The van der Waals surface area contributed by atoms with E-state index in [2.05, 4.69) is 20.2 Å². The molecule has 1 N–H and O–H groups in total. The van der Waals surface area contributed by atoms with E-state index >= 15 is 0 Å². The number of H-pyrrole nitrogens is 1. The van der Waals surface area contributed by atoms with Gasteiger partial charge in [0, 0.05) is 26.7 Å². The summed E-state index contributed by atoms with van der Waals surface area (Å²) >= 11 is 13.6. The standard InChI is InChI=1S/C16H10Cl2N4S/c17-10-6-5-9(12(18)7-10)8-23-16-20-15-14(21-22-16)11-3-1-2-4-13(11)19-15/h1-7H,8H2,(H,19,20,22). The summed E-state index contributed by atoms with van der Waals surface area (Å²) in [5.74, 6) is 0.656. The number of fused-ring (bicyclic) bond motifs is 3. The molecule has 4 aromatic rings. The Balaban J connectivity index is 1.63. The Morgan fingerprint density at radius 3 is 2.78 bits per heavy atom. The lowest BCUT2D eigenvalue weighted by Crippen LogP contribution is -1.92. The molecule has 0 saturated heterocycles. The number of halogens is 2. The number of aromatic nitrogens is 4. The maximum absolute atomic E-state index is 6.18. The Hall–Kier alpha value is -1.82. The van der Waals surface area contributed by atoms with Gasteiger partial charge in [-0.2, -0.15) is 0 Å². The number of benzene rings is 2. The number of aromatic amines is 1. The second-order valence-corrected chi connectivity index (χ2v) is 6.77. The third kappa shape index (κ3) is 2.87. The van der Waals surface area contributed by atoms with Crippen molar-refractivity contribution in [2.45, 2.75) is 10.9 Å². The van der Waals surface area contributed by atoms with Gasteiger partial charge in [-0.3, -0.25) is 0 Å². The summed E-state index contributed by atoms with van der Waals surface area (Å²) in [7, 11) is 0. The van der Waals surface area contributed by atoms with Crippen molar-refractivity contribution in [2.75, 3.05) is 0 Å². The van der Waals surface area contributed by atoms with Crippen LogP contribution in [0.3, 0.4) is 0 Å². The summed E-state index contributed by atoms with van der Waals surface area (Å²) < 4.78 is 0. The zero-order valence-electron chi connectivity index (χ0n) is 11.8. The van der Waals surface area contributed by atoms with E-state index in [1.165, 1.54) is 11.8 Å². The maximum Gasteiger partial charge on any atom is 0.211 e. The predicted molar refractivity (Wildman–Crippen MR) is 95.2 cm³/mol. The molecular formula is C16H10Cl2N4S. The fourth-order valence-electron chi connectivity index (χ4n) is 2.35. The van der Waals surface area contributed by atoms with E-state index in [0.717, 1.165) is 27.6 Å². The lowest BCUT2D eigenvalue weighted by atomic mass is 10.2. The van der Waals surface area contributed by atoms with Gasteiger partial charge in [-0.05, 0) is 23.8 Å². The molecule has 0 atom stereocenters. The second-order valence-electron chi connectivity index (χ2n) is 4.99. The molecule has 0 saturated carbocycles. The van der Waals surface area contributed by atoms with Crippen molar-refractivity contribution in [3.63, 3.8) is 0 Å². The van der Waals surface area contributed by atoms with Crippen molar-refractivity contribution in [1.82, 2.24) is 20.2 Å². The molecule has 114 valence electrons. The molecule has 4 nitrogen and oxygen atoms in total. The van der Waals surface area contributed by atoms with Crippen LogP contribution in [-0.4, -0.2) is 20.2 Å². The fourth-order valence-corrected chi connectivity index (χ4v) is 3.69. The van der Waals surface area contributed by atoms with Crippen LogP contribution in [-0.2, 0) is 5.75 Å². The molecule has 23 heavy (non-hydrogen) atoms. The highest BCUT2D eigenvalue weighted by molar-refractivity contribution is 7.98. The number of hydrogen-bond donors (Lipinski definition) is 1. The van der Waals surface area contributed by atoms with Crippen LogP contribution >= 0.6 is 35.0 Å². The summed E-state index contributed by atoms with van der Waals surface area (Å²) in [6, 6.07) is 13.4. The molecular weight excluding hydrogens is 351 g/mol. The van der Waals surface area contributed by atoms with Crippen LogP contribution in [0.15, 0.2) is 47.6 Å². The molecule has 0 aliphatic rings. The molecule has 0 amide bonds. The van der Waals surface area contributed by atoms with Crippen LogP contribution < -0.4 is 0 Å². The van der Waals surface area contributed by atoms with E-state index < -0.39 is 0 Å². The van der Waals surface area contributed by atoms with Crippen molar-refractivity contribution in [3.8, 4) is 0 Å². The Labute approximate surface area is 146 Å². The molecule has 2 aromatic carbocycles. The highest BCUT2D eigenvalue weighted by Gasteiger charge is 2.10. The number of nitrogens with one attached hydrogen (secondary N) is 1. The Morgan fingerprint density at radius 1 is 1.04 bits per heavy atom. The molecule has 0 radical (unpaired) electrons. The van der Waals surface area contributed by atoms with Crippen molar-refractivity contribution in [1.29, 1.82) is 0 Å². The van der Waals surface area contributed by atoms with Crippen LogP contribution in [0.25, 0.3) is 22.1 Å². The van der Waals surface area contributed by atoms with Gasteiger partial charge in [0.15, 0.2) is 5.65 Å². The SMILES string of the molecule is Clc1ccc(CSc2nnc3c(n2)[nH]c2ccccc23)c(Cl)c1. The van der Waals surface area contributed by atoms with E-state index in [1.54, 1.807) is 6.07 Å². The minimum absolute atomic E-state index is 0.607. The quantitative estimate of drug-likeness (QED) is 0.516. The number of rotatable bonds is 3. The van der Waals surface area contributed by atoms with Gasteiger partial charge < -0.3 is 4.98 Å². The Kier molecular flexibility index (Phi) is 3.85. The minimum Gasteiger partial charge on any atom is -0.338 e. The van der Waals surface area contributed by atoms with E-state index in [1.807, 2.05) is 36.4 Å². The van der Waals surface area contributed by atoms with Crippen LogP contribution in [0.1, 0.15) is 5.56 Å². The molecule has 0 fully saturated rings. The zero-order valence-corrected chi connectivity index (χ0v) is 14.1. The lowest BCUT2D eigenvalue weighted by Gasteiger charge is -2.03. The van der Waals surface area contributed by atoms with E-state index in [-0.39, 0.29) is 0 Å². The molecule has 0 unspecified atom stereocenters. The average molecular weight is 361 g/mol. The van der Waals surface area contributed by atoms with E-state index in [4.69, 9.17) is 23.2 Å². The predicted octanol–water partition coefficient (Wildman–Crippen LogP) is 5.11. The topological polar surface area (TPSA) is 54.5 Å². The average Bonchev–Trinajstić information content (AvgIpc) is 2.91. The molecule has 0 bridgehead atoms. The summed E-state index contributed by atoms with van der Waals surface area (Å²) in [6.45, 7) is 0. The Morgan fingerprint density at radius 2 is 1.91 bits per heavy atom. The van der Waals surface area contributed by atoms with E-state index in [9.17, 15) is 0 Å². The van der Waals surface area contributed by atoms with Crippen LogP contribution in [0.5, 0.6) is 0 Å². The van der Waals surface area contributed by atoms with Crippen molar-refractivity contribution < 1.29 is 0 Å². The number of hydrogen-bond acceptors (Lipinski definition) is 4. The molecule has 0 spiro atoms. The third-order valence-corrected chi connectivity index (χ3v) is 4.95. The number of nitrogens with zero attached hydrogens (tertiary/aromatic N) is 3. The normalized spacial score (nSPS) is 11.4. The van der Waals surface area contributed by atoms with Gasteiger partial charge in [0.2, 0.25) is 5.16 Å². The Bertz CT molecular complexity index is 1020. The highest BCUT2D eigenvalue weighted by atomic mass is 35.5. The van der Waals surface area contributed by atoms with Gasteiger partial charge >= 0.3 is 0 Å². The first kappa shape index (κ1) is 14.8. The number of thioether (sulfide) groups is 1. The minimum atomic E-state index is 0.607. The molecule has 2 heterocycles. The molecule has 0 aliphatic heterocycles. The van der Waals surface area contributed by atoms with Gasteiger partial charge in [-0.25, -0.2) is 4.98 Å². The second kappa shape index (κ2) is 6.00. The maximum atomic E-state index is 6.18. The van der Waals surface area contributed by atoms with Crippen molar-refractivity contribution >= 4 is 57.0 Å². The van der Waals surface area contributed by atoms with Gasteiger partial charge in [-0.15, -0.1) is 10.2 Å². The van der Waals surface area contributed by atoms with Crippen molar-refractivity contribution in [3.05, 3.63) is 58.1 Å². The van der Waals surface area contributed by atoms with Gasteiger partial charge in [0.1, 0.15) is 5.52 Å². The smallest absolute Gasteiger partial charge is 0.211 e. The van der Waals surface area contributed by atoms with Crippen LogP contribution in [0.2, 0.25) is 10.0 Å². The van der Waals surface area contributed by atoms with Gasteiger partial charge in [-0.1, -0.05) is 59.2 Å².